The van der Waals surface area contributed by atoms with Gasteiger partial charge in [0.05, 0.1) is 17.4 Å². The lowest BCUT2D eigenvalue weighted by molar-refractivity contribution is 0.0783. The van der Waals surface area contributed by atoms with Crippen LogP contribution in [-0.4, -0.2) is 41.5 Å². The number of nitrogens with zero attached hydrogens (tertiary/aromatic N) is 3. The van der Waals surface area contributed by atoms with E-state index >= 15 is 0 Å². The molecule has 0 fully saturated rings. The highest BCUT2D eigenvalue weighted by molar-refractivity contribution is 7.20. The van der Waals surface area contributed by atoms with Crippen molar-refractivity contribution in [2.45, 2.75) is 27.3 Å². The van der Waals surface area contributed by atoms with E-state index in [1.165, 1.54) is 17.7 Å². The second kappa shape index (κ2) is 8.56. The van der Waals surface area contributed by atoms with Crippen LogP contribution < -0.4 is 10.1 Å². The smallest absolute Gasteiger partial charge is 0.264 e. The molecule has 6 nitrogen and oxygen atoms in total. The fourth-order valence-corrected chi connectivity index (χ4v) is 4.38. The van der Waals surface area contributed by atoms with Crippen molar-refractivity contribution in [2.75, 3.05) is 26.0 Å². The number of para-hydroxylation sites is 1. The zero-order valence-electron chi connectivity index (χ0n) is 16.9. The molecule has 1 aromatic carbocycles. The van der Waals surface area contributed by atoms with E-state index < -0.39 is 0 Å². The zero-order valence-corrected chi connectivity index (χ0v) is 17.8. The van der Waals surface area contributed by atoms with Gasteiger partial charge in [-0.25, -0.2) is 9.97 Å². The molecule has 0 atom stereocenters. The van der Waals surface area contributed by atoms with Gasteiger partial charge in [-0.15, -0.1) is 11.3 Å². The van der Waals surface area contributed by atoms with Gasteiger partial charge in [-0.1, -0.05) is 32.0 Å². The number of carbonyl (C=O) groups excluding carboxylic acids is 1. The molecular formula is C21H26N4O2S. The Hall–Kier alpha value is -2.67. The largest absolute Gasteiger partial charge is 0.496 e. The summed E-state index contributed by atoms with van der Waals surface area (Å²) < 4.78 is 5.42. The molecule has 0 bridgehead atoms. The molecule has 0 aliphatic heterocycles. The average Bonchev–Trinajstić information content (AvgIpc) is 3.02. The van der Waals surface area contributed by atoms with Crippen LogP contribution in [0.1, 0.15) is 34.6 Å². The Kier molecular flexibility index (Phi) is 6.14. The third-order valence-corrected chi connectivity index (χ3v) is 5.73. The van der Waals surface area contributed by atoms with E-state index in [9.17, 15) is 4.79 Å². The summed E-state index contributed by atoms with van der Waals surface area (Å²) in [5.74, 6) is 2.01. The highest BCUT2D eigenvalue weighted by atomic mass is 32.1. The molecule has 28 heavy (non-hydrogen) atoms. The van der Waals surface area contributed by atoms with E-state index in [2.05, 4.69) is 29.1 Å². The van der Waals surface area contributed by atoms with Gasteiger partial charge in [0.15, 0.2) is 0 Å². The van der Waals surface area contributed by atoms with E-state index in [4.69, 9.17) is 4.74 Å². The van der Waals surface area contributed by atoms with Crippen LogP contribution in [0.2, 0.25) is 0 Å². The number of carbonyl (C=O) groups is 1. The minimum Gasteiger partial charge on any atom is -0.496 e. The molecule has 0 radical (unpaired) electrons. The molecule has 0 saturated carbocycles. The summed E-state index contributed by atoms with van der Waals surface area (Å²) >= 11 is 1.42. The summed E-state index contributed by atoms with van der Waals surface area (Å²) in [5.41, 5.74) is 1.96. The first-order valence-corrected chi connectivity index (χ1v) is 10.1. The SMILES string of the molecule is COc1ccccc1CNc1ncnc2sc(C(=O)N(C)CC(C)C)c(C)c12. The summed E-state index contributed by atoms with van der Waals surface area (Å²) in [5, 5.41) is 4.29. The topological polar surface area (TPSA) is 67.3 Å². The number of aryl methyl sites for hydroxylation is 1. The van der Waals surface area contributed by atoms with Crippen molar-refractivity contribution in [1.82, 2.24) is 14.9 Å². The van der Waals surface area contributed by atoms with Crippen molar-refractivity contribution in [2.24, 2.45) is 5.92 Å². The Morgan fingerprint density at radius 2 is 2.04 bits per heavy atom. The van der Waals surface area contributed by atoms with Gasteiger partial charge < -0.3 is 15.0 Å². The van der Waals surface area contributed by atoms with Gasteiger partial charge in [0.2, 0.25) is 0 Å². The van der Waals surface area contributed by atoms with Crippen LogP contribution >= 0.6 is 11.3 Å². The maximum absolute atomic E-state index is 12.9. The van der Waals surface area contributed by atoms with E-state index in [0.29, 0.717) is 12.5 Å². The number of aromatic nitrogens is 2. The minimum absolute atomic E-state index is 0.0323. The number of ether oxygens (including phenoxy) is 1. The van der Waals surface area contributed by atoms with E-state index in [0.717, 1.165) is 44.3 Å². The molecule has 7 heteroatoms. The maximum Gasteiger partial charge on any atom is 0.264 e. The number of hydrogen-bond donors (Lipinski definition) is 1. The van der Waals surface area contributed by atoms with Gasteiger partial charge >= 0.3 is 0 Å². The zero-order chi connectivity index (χ0) is 20.3. The quantitative estimate of drug-likeness (QED) is 0.641. The van der Waals surface area contributed by atoms with Gasteiger partial charge in [-0.2, -0.15) is 0 Å². The van der Waals surface area contributed by atoms with Crippen molar-refractivity contribution in [1.29, 1.82) is 0 Å². The molecule has 0 unspecified atom stereocenters. The minimum atomic E-state index is 0.0323. The van der Waals surface area contributed by atoms with Crippen molar-refractivity contribution >= 4 is 33.3 Å². The highest BCUT2D eigenvalue weighted by Crippen LogP contribution is 2.34. The molecule has 2 heterocycles. The van der Waals surface area contributed by atoms with Crippen molar-refractivity contribution < 1.29 is 9.53 Å². The third-order valence-electron chi connectivity index (χ3n) is 4.55. The van der Waals surface area contributed by atoms with Gasteiger partial charge in [0.25, 0.3) is 5.91 Å². The Morgan fingerprint density at radius 3 is 2.75 bits per heavy atom. The average molecular weight is 399 g/mol. The molecule has 0 aliphatic carbocycles. The van der Waals surface area contributed by atoms with Crippen LogP contribution in [0.15, 0.2) is 30.6 Å². The van der Waals surface area contributed by atoms with Gasteiger partial charge in [0, 0.05) is 25.7 Å². The number of fused-ring (bicyclic) bond motifs is 1. The molecule has 0 saturated heterocycles. The number of hydrogen-bond acceptors (Lipinski definition) is 6. The normalized spacial score (nSPS) is 11.1. The Balaban J connectivity index is 1.90. The fraction of sp³-hybridized carbons (Fsp3) is 0.381. The number of amides is 1. The Morgan fingerprint density at radius 1 is 1.29 bits per heavy atom. The monoisotopic (exact) mass is 398 g/mol. The van der Waals surface area contributed by atoms with Crippen molar-refractivity contribution in [3.63, 3.8) is 0 Å². The van der Waals surface area contributed by atoms with Gasteiger partial charge in [0.1, 0.15) is 22.7 Å². The van der Waals surface area contributed by atoms with E-state index in [-0.39, 0.29) is 5.91 Å². The molecular weight excluding hydrogens is 372 g/mol. The van der Waals surface area contributed by atoms with Crippen LogP contribution in [0, 0.1) is 12.8 Å². The molecule has 1 amide bonds. The lowest BCUT2D eigenvalue weighted by Gasteiger charge is -2.18. The van der Waals surface area contributed by atoms with Crippen molar-refractivity contribution in [3.8, 4) is 5.75 Å². The van der Waals surface area contributed by atoms with Crippen LogP contribution in [0.5, 0.6) is 5.75 Å². The van der Waals surface area contributed by atoms with E-state index in [1.807, 2.05) is 38.2 Å². The number of thiophene rings is 1. The summed E-state index contributed by atoms with van der Waals surface area (Å²) in [6.07, 6.45) is 1.54. The first-order valence-electron chi connectivity index (χ1n) is 9.27. The van der Waals surface area contributed by atoms with Gasteiger partial charge in [-0.05, 0) is 24.5 Å². The summed E-state index contributed by atoms with van der Waals surface area (Å²) in [4.78, 5) is 25.0. The molecule has 148 valence electrons. The molecule has 0 spiro atoms. The van der Waals surface area contributed by atoms with Crippen LogP contribution in [0.3, 0.4) is 0 Å². The predicted octanol–water partition coefficient (Wildman–Crippen LogP) is 4.35. The number of anilines is 1. The summed E-state index contributed by atoms with van der Waals surface area (Å²) in [6, 6.07) is 7.87. The molecule has 1 N–H and O–H groups in total. The standard InChI is InChI=1S/C21H26N4O2S/c1-13(2)11-25(4)21(26)18-14(3)17-19(23-12-24-20(17)28-18)22-10-15-8-6-7-9-16(15)27-5/h6-9,12-13H,10-11H2,1-5H3,(H,22,23,24). The van der Waals surface area contributed by atoms with Gasteiger partial charge in [-0.3, -0.25) is 4.79 Å². The molecule has 2 aromatic heterocycles. The predicted molar refractivity (Wildman–Crippen MR) is 114 cm³/mol. The third kappa shape index (κ3) is 4.09. The van der Waals surface area contributed by atoms with Crippen LogP contribution in [0.4, 0.5) is 5.82 Å². The van der Waals surface area contributed by atoms with Crippen molar-refractivity contribution in [3.05, 3.63) is 46.6 Å². The highest BCUT2D eigenvalue weighted by Gasteiger charge is 2.22. The number of benzene rings is 1. The second-order valence-corrected chi connectivity index (χ2v) is 8.20. The maximum atomic E-state index is 12.9. The number of nitrogens with one attached hydrogen (secondary N) is 1. The van der Waals surface area contributed by atoms with Crippen LogP contribution in [0.25, 0.3) is 10.2 Å². The molecule has 3 aromatic rings. The number of methoxy groups -OCH3 is 1. The Bertz CT molecular complexity index is 984. The summed E-state index contributed by atoms with van der Waals surface area (Å²) in [6.45, 7) is 7.46. The molecule has 0 aliphatic rings. The number of rotatable bonds is 7. The second-order valence-electron chi connectivity index (χ2n) is 7.20. The van der Waals surface area contributed by atoms with E-state index in [1.54, 1.807) is 12.0 Å². The lowest BCUT2D eigenvalue weighted by Crippen LogP contribution is -2.30. The Labute approximate surface area is 169 Å². The summed E-state index contributed by atoms with van der Waals surface area (Å²) in [7, 11) is 3.51. The van der Waals surface area contributed by atoms with Crippen LogP contribution in [-0.2, 0) is 6.54 Å². The fourth-order valence-electron chi connectivity index (χ4n) is 3.24. The first-order chi connectivity index (χ1) is 13.4. The first kappa shape index (κ1) is 20.1. The molecule has 3 rings (SSSR count). The lowest BCUT2D eigenvalue weighted by atomic mass is 10.1.